The molecule has 0 radical (unpaired) electrons. The zero-order valence-corrected chi connectivity index (χ0v) is 13.8. The van der Waals surface area contributed by atoms with Crippen molar-refractivity contribution < 1.29 is 15.0 Å². The molecule has 0 unspecified atom stereocenters. The molecule has 0 aliphatic heterocycles. The maximum Gasteiger partial charge on any atom is 0.263 e. The molecule has 2 aromatic carbocycles. The third-order valence-electron chi connectivity index (χ3n) is 3.58. The Kier molecular flexibility index (Phi) is 6.02. The first-order chi connectivity index (χ1) is 12.0. The third-order valence-corrected chi connectivity index (χ3v) is 3.58. The number of nitrogens with one attached hydrogen (secondary N) is 2. The van der Waals surface area contributed by atoms with Gasteiger partial charge in [-0.05, 0) is 54.8 Å². The summed E-state index contributed by atoms with van der Waals surface area (Å²) in [5.41, 5.74) is 2.42. The molecule has 25 heavy (non-hydrogen) atoms. The minimum Gasteiger partial charge on any atom is -0.508 e. The van der Waals surface area contributed by atoms with Crippen LogP contribution in [-0.2, 0) is 11.2 Å². The summed E-state index contributed by atoms with van der Waals surface area (Å²) in [5, 5.41) is 33.3. The van der Waals surface area contributed by atoms with Gasteiger partial charge in [0.05, 0.1) is 0 Å². The van der Waals surface area contributed by atoms with Crippen molar-refractivity contribution in [2.75, 3.05) is 11.9 Å². The van der Waals surface area contributed by atoms with E-state index in [2.05, 4.69) is 10.6 Å². The molecule has 4 N–H and O–H groups in total. The van der Waals surface area contributed by atoms with Gasteiger partial charge in [0.15, 0.2) is 0 Å². The first-order valence-electron chi connectivity index (χ1n) is 7.72. The fourth-order valence-corrected chi connectivity index (χ4v) is 2.19. The fraction of sp³-hybridized carbons (Fsp3) is 0.158. The molecular weight excluding hydrogens is 318 g/mol. The summed E-state index contributed by atoms with van der Waals surface area (Å²) in [6.45, 7) is 2.18. The number of carbonyl (C=O) groups is 1. The van der Waals surface area contributed by atoms with Gasteiger partial charge in [0.2, 0.25) is 0 Å². The number of nitrogens with zero attached hydrogens (tertiary/aromatic N) is 1. The molecule has 0 bridgehead atoms. The molecule has 0 aliphatic carbocycles. The van der Waals surface area contributed by atoms with Crippen LogP contribution in [-0.4, -0.2) is 22.7 Å². The maximum atomic E-state index is 12.1. The van der Waals surface area contributed by atoms with E-state index >= 15 is 0 Å². The second-order valence-electron chi connectivity index (χ2n) is 5.49. The smallest absolute Gasteiger partial charge is 0.263 e. The standard InChI is InChI=1S/C19H19N3O3/c1-13-10-17(24)6-7-18(13)22-12-15(11-20)19(25)21-9-8-14-2-4-16(23)5-3-14/h2-7,10,12,22-24H,8-9H2,1H3,(H,21,25)/b15-12-. The number of aromatic hydroxyl groups is 2. The molecule has 0 atom stereocenters. The Labute approximate surface area is 146 Å². The number of nitriles is 1. The van der Waals surface area contributed by atoms with E-state index in [4.69, 9.17) is 5.26 Å². The number of phenols is 2. The van der Waals surface area contributed by atoms with E-state index in [1.54, 1.807) is 43.3 Å². The van der Waals surface area contributed by atoms with Gasteiger partial charge in [0, 0.05) is 18.4 Å². The van der Waals surface area contributed by atoms with Gasteiger partial charge in [0.1, 0.15) is 23.1 Å². The van der Waals surface area contributed by atoms with Gasteiger partial charge in [0.25, 0.3) is 5.91 Å². The lowest BCUT2D eigenvalue weighted by Gasteiger charge is -2.07. The first kappa shape index (κ1) is 17.9. The zero-order valence-electron chi connectivity index (χ0n) is 13.8. The molecule has 2 rings (SSSR count). The summed E-state index contributed by atoms with van der Waals surface area (Å²) < 4.78 is 0. The highest BCUT2D eigenvalue weighted by Gasteiger charge is 2.08. The molecule has 0 spiro atoms. The molecule has 0 heterocycles. The molecule has 0 fully saturated rings. The summed E-state index contributed by atoms with van der Waals surface area (Å²) in [6, 6.07) is 13.4. The average Bonchev–Trinajstić information content (AvgIpc) is 2.59. The predicted octanol–water partition coefficient (Wildman–Crippen LogP) is 2.58. The summed E-state index contributed by atoms with van der Waals surface area (Å²) in [6.07, 6.45) is 1.94. The van der Waals surface area contributed by atoms with Crippen LogP contribution in [0.3, 0.4) is 0 Å². The molecule has 6 nitrogen and oxygen atoms in total. The number of phenolic OH excluding ortho intramolecular Hbond substituents is 2. The monoisotopic (exact) mass is 337 g/mol. The van der Waals surface area contributed by atoms with Crippen molar-refractivity contribution in [3.8, 4) is 17.6 Å². The van der Waals surface area contributed by atoms with E-state index in [0.717, 1.165) is 11.1 Å². The van der Waals surface area contributed by atoms with Crippen LogP contribution in [0, 0.1) is 18.3 Å². The summed E-state index contributed by atoms with van der Waals surface area (Å²) in [5.74, 6) is -0.122. The van der Waals surface area contributed by atoms with Crippen molar-refractivity contribution in [2.24, 2.45) is 0 Å². The van der Waals surface area contributed by atoms with E-state index < -0.39 is 5.91 Å². The number of benzene rings is 2. The van der Waals surface area contributed by atoms with Crippen molar-refractivity contribution in [3.05, 3.63) is 65.4 Å². The molecule has 0 aromatic heterocycles. The quantitative estimate of drug-likeness (QED) is 0.368. The van der Waals surface area contributed by atoms with E-state index in [1.165, 1.54) is 12.3 Å². The van der Waals surface area contributed by atoms with Crippen LogP contribution in [0.25, 0.3) is 0 Å². The van der Waals surface area contributed by atoms with Crippen LogP contribution in [0.5, 0.6) is 11.5 Å². The highest BCUT2D eigenvalue weighted by atomic mass is 16.3. The number of anilines is 1. The van der Waals surface area contributed by atoms with Crippen molar-refractivity contribution >= 4 is 11.6 Å². The number of hydrogen-bond acceptors (Lipinski definition) is 5. The predicted molar refractivity (Wildman–Crippen MR) is 95.0 cm³/mol. The molecule has 0 saturated heterocycles. The summed E-state index contributed by atoms with van der Waals surface area (Å²) in [7, 11) is 0. The van der Waals surface area contributed by atoms with Crippen LogP contribution < -0.4 is 10.6 Å². The topological polar surface area (TPSA) is 105 Å². The van der Waals surface area contributed by atoms with E-state index in [9.17, 15) is 15.0 Å². The molecule has 6 heteroatoms. The number of aryl methyl sites for hydroxylation is 1. The maximum absolute atomic E-state index is 12.1. The van der Waals surface area contributed by atoms with Gasteiger partial charge < -0.3 is 20.8 Å². The van der Waals surface area contributed by atoms with E-state index in [0.29, 0.717) is 18.7 Å². The minimum atomic E-state index is -0.467. The van der Waals surface area contributed by atoms with Crippen LogP contribution in [0.1, 0.15) is 11.1 Å². The van der Waals surface area contributed by atoms with E-state index in [-0.39, 0.29) is 17.1 Å². The lowest BCUT2D eigenvalue weighted by atomic mass is 10.1. The summed E-state index contributed by atoms with van der Waals surface area (Å²) in [4.78, 5) is 12.1. The average molecular weight is 337 g/mol. The molecule has 0 saturated carbocycles. The van der Waals surface area contributed by atoms with E-state index in [1.807, 2.05) is 6.07 Å². The lowest BCUT2D eigenvalue weighted by molar-refractivity contribution is -0.117. The third kappa shape index (κ3) is 5.29. The Hall–Kier alpha value is -3.46. The highest BCUT2D eigenvalue weighted by Crippen LogP contribution is 2.20. The van der Waals surface area contributed by atoms with Gasteiger partial charge >= 0.3 is 0 Å². The minimum absolute atomic E-state index is 0.0434. The Balaban J connectivity index is 1.91. The van der Waals surface area contributed by atoms with Crippen molar-refractivity contribution in [3.63, 3.8) is 0 Å². The van der Waals surface area contributed by atoms with Crippen LogP contribution >= 0.6 is 0 Å². The Bertz CT molecular complexity index is 821. The second kappa shape index (κ2) is 8.41. The molecule has 128 valence electrons. The lowest BCUT2D eigenvalue weighted by Crippen LogP contribution is -2.27. The largest absolute Gasteiger partial charge is 0.508 e. The van der Waals surface area contributed by atoms with Crippen molar-refractivity contribution in [1.82, 2.24) is 5.32 Å². The number of carbonyl (C=O) groups excluding carboxylic acids is 1. The normalized spacial score (nSPS) is 10.8. The highest BCUT2D eigenvalue weighted by molar-refractivity contribution is 5.97. The number of rotatable bonds is 6. The zero-order chi connectivity index (χ0) is 18.2. The van der Waals surface area contributed by atoms with Gasteiger partial charge in [-0.15, -0.1) is 0 Å². The van der Waals surface area contributed by atoms with Gasteiger partial charge in [-0.3, -0.25) is 4.79 Å². The van der Waals surface area contributed by atoms with Crippen LogP contribution in [0.2, 0.25) is 0 Å². The number of amides is 1. The second-order valence-corrected chi connectivity index (χ2v) is 5.49. The van der Waals surface area contributed by atoms with Crippen LogP contribution in [0.15, 0.2) is 54.2 Å². The van der Waals surface area contributed by atoms with Crippen molar-refractivity contribution in [2.45, 2.75) is 13.3 Å². The fourth-order valence-electron chi connectivity index (χ4n) is 2.19. The molecule has 0 aliphatic rings. The van der Waals surface area contributed by atoms with Gasteiger partial charge in [-0.1, -0.05) is 12.1 Å². The summed E-state index contributed by atoms with van der Waals surface area (Å²) >= 11 is 0. The Morgan fingerprint density at radius 3 is 2.48 bits per heavy atom. The Morgan fingerprint density at radius 1 is 1.16 bits per heavy atom. The molecule has 1 amide bonds. The first-order valence-corrected chi connectivity index (χ1v) is 7.72. The van der Waals surface area contributed by atoms with Crippen molar-refractivity contribution in [1.29, 1.82) is 5.26 Å². The Morgan fingerprint density at radius 2 is 1.84 bits per heavy atom. The number of hydrogen-bond donors (Lipinski definition) is 4. The SMILES string of the molecule is Cc1cc(O)ccc1N/C=C(/C#N)C(=O)NCCc1ccc(O)cc1. The molecular formula is C19H19N3O3. The van der Waals surface area contributed by atoms with Crippen LogP contribution in [0.4, 0.5) is 5.69 Å². The van der Waals surface area contributed by atoms with Gasteiger partial charge in [-0.25, -0.2) is 0 Å². The van der Waals surface area contributed by atoms with Gasteiger partial charge in [-0.2, -0.15) is 5.26 Å². The molecule has 2 aromatic rings.